The van der Waals surface area contributed by atoms with Gasteiger partial charge in [-0.25, -0.2) is 9.97 Å². The van der Waals surface area contributed by atoms with Crippen LogP contribution in [0.1, 0.15) is 31.4 Å². The van der Waals surface area contributed by atoms with Crippen molar-refractivity contribution in [3.63, 3.8) is 0 Å². The van der Waals surface area contributed by atoms with Crippen molar-refractivity contribution >= 4 is 57.5 Å². The Bertz CT molecular complexity index is 1220. The van der Waals surface area contributed by atoms with Crippen LogP contribution < -0.4 is 4.90 Å². The van der Waals surface area contributed by atoms with E-state index >= 15 is 0 Å². The normalized spacial score (nSPS) is 14.9. The number of aryl methyl sites for hydroxylation is 1. The first-order valence-electron chi connectivity index (χ1n) is 9.97. The second kappa shape index (κ2) is 7.80. The van der Waals surface area contributed by atoms with E-state index in [2.05, 4.69) is 32.0 Å². The average molecular weight is 461 g/mol. The largest absolute Gasteiger partial charge is 0.330 e. The molecular formula is C22H20Cl3N5. The number of hydrogen-bond acceptors (Lipinski definition) is 3. The molecule has 30 heavy (non-hydrogen) atoms. The van der Waals surface area contributed by atoms with Crippen LogP contribution in [0.4, 0.5) is 11.6 Å². The fraction of sp³-hybridized carbons (Fsp3) is 0.273. The minimum Gasteiger partial charge on any atom is -0.330 e. The number of fused-ring (bicyclic) bond motifs is 3. The highest BCUT2D eigenvalue weighted by atomic mass is 35.5. The average Bonchev–Trinajstić information content (AvgIpc) is 3.39. The summed E-state index contributed by atoms with van der Waals surface area (Å²) in [5.74, 6) is 0.857. The highest BCUT2D eigenvalue weighted by Crippen LogP contribution is 2.41. The predicted octanol–water partition coefficient (Wildman–Crippen LogP) is 6.73. The van der Waals surface area contributed by atoms with Crippen LogP contribution in [0.5, 0.6) is 0 Å². The van der Waals surface area contributed by atoms with Crippen LogP contribution in [0.2, 0.25) is 15.1 Å². The van der Waals surface area contributed by atoms with Gasteiger partial charge < -0.3 is 14.0 Å². The molecule has 0 aliphatic carbocycles. The number of nitrogens with zero attached hydrogens (tertiary/aromatic N) is 5. The summed E-state index contributed by atoms with van der Waals surface area (Å²) in [6.07, 6.45) is 7.58. The van der Waals surface area contributed by atoms with Crippen LogP contribution in [0.25, 0.3) is 11.0 Å². The van der Waals surface area contributed by atoms with E-state index < -0.39 is 0 Å². The van der Waals surface area contributed by atoms with E-state index in [1.165, 1.54) is 5.56 Å². The van der Waals surface area contributed by atoms with Crippen molar-refractivity contribution < 1.29 is 0 Å². The van der Waals surface area contributed by atoms with Gasteiger partial charge in [-0.1, -0.05) is 47.8 Å². The number of benzene rings is 2. The third-order valence-electron chi connectivity index (χ3n) is 5.69. The lowest BCUT2D eigenvalue weighted by Crippen LogP contribution is -2.28. The molecule has 4 aromatic rings. The third kappa shape index (κ3) is 3.16. The van der Waals surface area contributed by atoms with Gasteiger partial charge in [0.25, 0.3) is 0 Å². The predicted molar refractivity (Wildman–Crippen MR) is 123 cm³/mol. The summed E-state index contributed by atoms with van der Waals surface area (Å²) in [6, 6.07) is 9.78. The SMILES string of the molecule is CCC(c1ccc(Cl)c2nc3n(c12)CCCN3c1ccc(Cl)cc1Cl)n1ccnc1. The van der Waals surface area contributed by atoms with Crippen molar-refractivity contribution in [3.05, 3.63) is 69.7 Å². The fourth-order valence-electron chi connectivity index (χ4n) is 4.37. The highest BCUT2D eigenvalue weighted by Gasteiger charge is 2.28. The Hall–Kier alpha value is -2.21. The van der Waals surface area contributed by atoms with Crippen LogP contribution in [-0.4, -0.2) is 25.6 Å². The van der Waals surface area contributed by atoms with Crippen molar-refractivity contribution in [1.82, 2.24) is 19.1 Å². The Morgan fingerprint density at radius 1 is 1.07 bits per heavy atom. The molecule has 8 heteroatoms. The first-order chi connectivity index (χ1) is 14.6. The van der Waals surface area contributed by atoms with Crippen molar-refractivity contribution in [3.8, 4) is 0 Å². The minimum atomic E-state index is 0.155. The van der Waals surface area contributed by atoms with Gasteiger partial charge in [0, 0.05) is 36.1 Å². The molecule has 1 aliphatic heterocycles. The molecule has 5 rings (SSSR count). The molecule has 3 heterocycles. The highest BCUT2D eigenvalue weighted by molar-refractivity contribution is 6.36. The van der Waals surface area contributed by atoms with Crippen molar-refractivity contribution in [1.29, 1.82) is 0 Å². The Morgan fingerprint density at radius 3 is 2.67 bits per heavy atom. The van der Waals surface area contributed by atoms with Crippen molar-refractivity contribution in [2.75, 3.05) is 11.4 Å². The van der Waals surface area contributed by atoms with Gasteiger partial charge in [0.2, 0.25) is 5.95 Å². The van der Waals surface area contributed by atoms with Crippen molar-refractivity contribution in [2.45, 2.75) is 32.4 Å². The lowest BCUT2D eigenvalue weighted by molar-refractivity contribution is 0.560. The number of halogens is 3. The number of aromatic nitrogens is 4. The van der Waals surface area contributed by atoms with Crippen LogP contribution in [0.3, 0.4) is 0 Å². The first-order valence-corrected chi connectivity index (χ1v) is 11.1. The Kier molecular flexibility index (Phi) is 5.13. The van der Waals surface area contributed by atoms with E-state index in [-0.39, 0.29) is 6.04 Å². The second-order valence-electron chi connectivity index (χ2n) is 7.43. The summed E-state index contributed by atoms with van der Waals surface area (Å²) in [5.41, 5.74) is 3.99. The van der Waals surface area contributed by atoms with E-state index in [0.29, 0.717) is 15.1 Å². The van der Waals surface area contributed by atoms with Gasteiger partial charge in [-0.05, 0) is 37.1 Å². The zero-order valence-corrected chi connectivity index (χ0v) is 18.7. The molecule has 0 N–H and O–H groups in total. The zero-order valence-electron chi connectivity index (χ0n) is 16.4. The Morgan fingerprint density at radius 2 is 1.93 bits per heavy atom. The molecule has 1 unspecified atom stereocenters. The summed E-state index contributed by atoms with van der Waals surface area (Å²) in [6.45, 7) is 3.88. The zero-order chi connectivity index (χ0) is 20.8. The first kappa shape index (κ1) is 19.7. The van der Waals surface area contributed by atoms with Crippen molar-refractivity contribution in [2.24, 2.45) is 0 Å². The molecule has 0 spiro atoms. The van der Waals surface area contributed by atoms with E-state index in [0.717, 1.165) is 48.6 Å². The number of rotatable bonds is 4. The maximum atomic E-state index is 6.61. The van der Waals surface area contributed by atoms with Crippen LogP contribution >= 0.6 is 34.8 Å². The van der Waals surface area contributed by atoms with E-state index in [1.54, 1.807) is 6.07 Å². The van der Waals surface area contributed by atoms with E-state index in [4.69, 9.17) is 39.8 Å². The molecule has 2 aromatic heterocycles. The molecule has 0 saturated carbocycles. The minimum absolute atomic E-state index is 0.155. The lowest BCUT2D eigenvalue weighted by Gasteiger charge is -2.30. The number of hydrogen-bond donors (Lipinski definition) is 0. The van der Waals surface area contributed by atoms with Crippen LogP contribution in [0, 0.1) is 0 Å². The van der Waals surface area contributed by atoms with Gasteiger partial charge in [0.1, 0.15) is 5.52 Å². The summed E-state index contributed by atoms with van der Waals surface area (Å²) in [5, 5.41) is 1.88. The molecule has 0 bridgehead atoms. The third-order valence-corrected chi connectivity index (χ3v) is 6.53. The van der Waals surface area contributed by atoms with Gasteiger partial charge in [0.05, 0.1) is 33.6 Å². The summed E-state index contributed by atoms with van der Waals surface area (Å²) >= 11 is 19.3. The molecule has 0 amide bonds. The van der Waals surface area contributed by atoms with Crippen LogP contribution in [0.15, 0.2) is 49.1 Å². The quantitative estimate of drug-likeness (QED) is 0.339. The number of imidazole rings is 2. The summed E-state index contributed by atoms with van der Waals surface area (Å²) in [4.78, 5) is 11.4. The molecule has 0 saturated heterocycles. The second-order valence-corrected chi connectivity index (χ2v) is 8.68. The summed E-state index contributed by atoms with van der Waals surface area (Å²) < 4.78 is 4.41. The topological polar surface area (TPSA) is 38.9 Å². The molecule has 2 aromatic carbocycles. The maximum Gasteiger partial charge on any atom is 0.211 e. The molecule has 0 fully saturated rings. The fourth-order valence-corrected chi connectivity index (χ4v) is 5.07. The smallest absolute Gasteiger partial charge is 0.211 e. The van der Waals surface area contributed by atoms with Gasteiger partial charge >= 0.3 is 0 Å². The van der Waals surface area contributed by atoms with E-state index in [1.807, 2.05) is 36.9 Å². The van der Waals surface area contributed by atoms with E-state index in [9.17, 15) is 0 Å². The molecule has 5 nitrogen and oxygen atoms in total. The molecule has 1 atom stereocenters. The molecule has 0 radical (unpaired) electrons. The summed E-state index contributed by atoms with van der Waals surface area (Å²) in [7, 11) is 0. The Balaban J connectivity index is 1.72. The van der Waals surface area contributed by atoms with Crippen LogP contribution in [-0.2, 0) is 6.54 Å². The lowest BCUT2D eigenvalue weighted by atomic mass is 10.0. The standard InChI is InChI=1S/C22H20Cl3N5/c1-2-18(28-11-8-26-13-28)15-5-6-16(24)20-21(15)30-10-3-9-29(22(30)27-20)19-7-4-14(23)12-17(19)25/h4-8,11-13,18H,2-3,9-10H2,1H3. The van der Waals surface area contributed by atoms with Gasteiger partial charge in [-0.2, -0.15) is 0 Å². The molecular weight excluding hydrogens is 441 g/mol. The Labute approximate surface area is 189 Å². The molecule has 154 valence electrons. The van der Waals surface area contributed by atoms with Gasteiger partial charge in [-0.3, -0.25) is 0 Å². The molecule has 1 aliphatic rings. The monoisotopic (exact) mass is 459 g/mol. The van der Waals surface area contributed by atoms with Gasteiger partial charge in [0.15, 0.2) is 0 Å². The maximum absolute atomic E-state index is 6.61. The van der Waals surface area contributed by atoms with Gasteiger partial charge in [-0.15, -0.1) is 0 Å². The number of anilines is 2.